The lowest BCUT2D eigenvalue weighted by Crippen LogP contribution is -2.29. The van der Waals surface area contributed by atoms with Crippen molar-refractivity contribution in [2.45, 2.75) is 39.5 Å². The molecule has 0 atom stereocenters. The van der Waals surface area contributed by atoms with Crippen LogP contribution < -0.4 is 4.74 Å². The standard InChI is InChI=1S/C27H28N4O4S2/c1-3-5-6-10-15-29-26(32)24(37-27(29)36)17-20-18-30(21-11-8-7-9-12-21)28-25(20)19-13-14-23(35-4-2)22(16-19)31(33)34/h7-9,11-14,16-18H,3-6,10,15H2,1-2H3. The molecule has 0 aliphatic carbocycles. The minimum Gasteiger partial charge on any atom is -0.487 e. The zero-order chi connectivity index (χ0) is 26.4. The highest BCUT2D eigenvalue weighted by atomic mass is 32.2. The van der Waals surface area contributed by atoms with Crippen LogP contribution in [0.4, 0.5) is 5.69 Å². The molecule has 37 heavy (non-hydrogen) atoms. The van der Waals surface area contributed by atoms with Gasteiger partial charge in [-0.2, -0.15) is 5.10 Å². The second-order valence-electron chi connectivity index (χ2n) is 8.48. The van der Waals surface area contributed by atoms with Gasteiger partial charge in [0, 0.05) is 29.9 Å². The molecule has 1 amide bonds. The molecule has 3 aromatic rings. The molecule has 10 heteroatoms. The Bertz CT molecular complexity index is 1340. The molecule has 0 N–H and O–H groups in total. The van der Waals surface area contributed by atoms with Crippen molar-refractivity contribution in [2.75, 3.05) is 13.2 Å². The van der Waals surface area contributed by atoms with Crippen molar-refractivity contribution in [3.63, 3.8) is 0 Å². The number of para-hydroxylation sites is 1. The Morgan fingerprint density at radius 3 is 2.62 bits per heavy atom. The minimum atomic E-state index is -0.466. The summed E-state index contributed by atoms with van der Waals surface area (Å²) in [6, 6.07) is 14.3. The third-order valence-electron chi connectivity index (χ3n) is 5.89. The molecule has 0 saturated carbocycles. The SMILES string of the molecule is CCCCCCN1C(=O)C(=Cc2cn(-c3ccccc3)nc2-c2ccc(OCC)c([N+](=O)[O-])c2)SC1=S. The monoisotopic (exact) mass is 536 g/mol. The summed E-state index contributed by atoms with van der Waals surface area (Å²) < 4.78 is 7.69. The van der Waals surface area contributed by atoms with Gasteiger partial charge >= 0.3 is 5.69 Å². The summed E-state index contributed by atoms with van der Waals surface area (Å²) in [6.07, 6.45) is 7.80. The molecule has 1 aliphatic heterocycles. The van der Waals surface area contributed by atoms with Crippen molar-refractivity contribution in [3.8, 4) is 22.7 Å². The molecule has 2 heterocycles. The molecule has 1 aromatic heterocycles. The van der Waals surface area contributed by atoms with Gasteiger partial charge in [0.05, 0.1) is 22.1 Å². The van der Waals surface area contributed by atoms with Crippen molar-refractivity contribution in [1.82, 2.24) is 14.7 Å². The van der Waals surface area contributed by atoms with Gasteiger partial charge in [-0.15, -0.1) is 0 Å². The summed E-state index contributed by atoms with van der Waals surface area (Å²) in [6.45, 7) is 4.84. The third-order valence-corrected chi connectivity index (χ3v) is 7.27. The number of carbonyl (C=O) groups is 1. The Hall–Kier alpha value is -3.50. The predicted octanol–water partition coefficient (Wildman–Crippen LogP) is 6.63. The van der Waals surface area contributed by atoms with Gasteiger partial charge in [-0.3, -0.25) is 19.8 Å². The quantitative estimate of drug-likeness (QED) is 0.0893. The fourth-order valence-electron chi connectivity index (χ4n) is 4.05. The maximum absolute atomic E-state index is 13.2. The van der Waals surface area contributed by atoms with E-state index in [2.05, 4.69) is 6.92 Å². The number of thioether (sulfide) groups is 1. The van der Waals surface area contributed by atoms with Gasteiger partial charge in [0.2, 0.25) is 0 Å². The maximum atomic E-state index is 13.2. The van der Waals surface area contributed by atoms with E-state index in [0.29, 0.717) is 39.2 Å². The first-order valence-corrected chi connectivity index (χ1v) is 13.5. The average Bonchev–Trinajstić information content (AvgIpc) is 3.43. The van der Waals surface area contributed by atoms with Crippen LogP contribution in [0.3, 0.4) is 0 Å². The Morgan fingerprint density at radius 2 is 1.92 bits per heavy atom. The van der Waals surface area contributed by atoms with E-state index in [1.54, 1.807) is 34.7 Å². The zero-order valence-electron chi connectivity index (χ0n) is 20.8. The Morgan fingerprint density at radius 1 is 1.14 bits per heavy atom. The number of carbonyl (C=O) groups excluding carboxylic acids is 1. The number of aromatic nitrogens is 2. The summed E-state index contributed by atoms with van der Waals surface area (Å²) in [4.78, 5) is 26.6. The van der Waals surface area contributed by atoms with Crippen LogP contribution in [0.25, 0.3) is 23.0 Å². The van der Waals surface area contributed by atoms with Crippen LogP contribution in [-0.2, 0) is 4.79 Å². The summed E-state index contributed by atoms with van der Waals surface area (Å²) in [7, 11) is 0. The Labute approximate surface area is 225 Å². The Balaban J connectivity index is 1.74. The number of hydrogen-bond donors (Lipinski definition) is 0. The van der Waals surface area contributed by atoms with Gasteiger partial charge < -0.3 is 4.74 Å². The second kappa shape index (κ2) is 12.2. The van der Waals surface area contributed by atoms with Crippen LogP contribution in [0.2, 0.25) is 0 Å². The van der Waals surface area contributed by atoms with Gasteiger partial charge in [0.15, 0.2) is 5.75 Å². The van der Waals surface area contributed by atoms with E-state index in [0.717, 1.165) is 31.4 Å². The third kappa shape index (κ3) is 6.08. The summed E-state index contributed by atoms with van der Waals surface area (Å²) >= 11 is 6.77. The summed E-state index contributed by atoms with van der Waals surface area (Å²) in [5.74, 6) is 0.0758. The first kappa shape index (κ1) is 26.6. The smallest absolute Gasteiger partial charge is 0.311 e. The molecular formula is C27H28N4O4S2. The molecule has 1 fully saturated rings. The lowest BCUT2D eigenvalue weighted by atomic mass is 10.1. The molecule has 4 rings (SSSR count). The molecule has 2 aromatic carbocycles. The first-order valence-electron chi connectivity index (χ1n) is 12.2. The normalized spacial score (nSPS) is 14.5. The van der Waals surface area contributed by atoms with Crippen LogP contribution in [0, 0.1) is 10.1 Å². The van der Waals surface area contributed by atoms with Gasteiger partial charge in [0.1, 0.15) is 10.0 Å². The van der Waals surface area contributed by atoms with Crippen molar-refractivity contribution < 1.29 is 14.5 Å². The Kier molecular flexibility index (Phi) is 8.73. The number of benzene rings is 2. The lowest BCUT2D eigenvalue weighted by Gasteiger charge is -2.13. The molecule has 192 valence electrons. The number of nitro benzene ring substituents is 1. The van der Waals surface area contributed by atoms with E-state index in [9.17, 15) is 14.9 Å². The van der Waals surface area contributed by atoms with Crippen molar-refractivity contribution in [2.24, 2.45) is 0 Å². The fourth-order valence-corrected chi connectivity index (χ4v) is 5.35. The molecule has 1 saturated heterocycles. The maximum Gasteiger partial charge on any atom is 0.311 e. The highest BCUT2D eigenvalue weighted by Gasteiger charge is 2.32. The van der Waals surface area contributed by atoms with Crippen LogP contribution in [0.1, 0.15) is 45.1 Å². The van der Waals surface area contributed by atoms with E-state index in [-0.39, 0.29) is 17.3 Å². The van der Waals surface area contributed by atoms with E-state index in [4.69, 9.17) is 22.1 Å². The van der Waals surface area contributed by atoms with Crippen LogP contribution in [0.5, 0.6) is 5.75 Å². The molecule has 0 radical (unpaired) electrons. The lowest BCUT2D eigenvalue weighted by molar-refractivity contribution is -0.385. The topological polar surface area (TPSA) is 90.5 Å². The van der Waals surface area contributed by atoms with Gasteiger partial charge in [-0.05, 0) is 43.7 Å². The van der Waals surface area contributed by atoms with Crippen molar-refractivity contribution in [1.29, 1.82) is 0 Å². The molecule has 8 nitrogen and oxygen atoms in total. The minimum absolute atomic E-state index is 0.123. The predicted molar refractivity (Wildman–Crippen MR) is 151 cm³/mol. The molecule has 0 unspecified atom stereocenters. The first-order chi connectivity index (χ1) is 17.9. The van der Waals surface area contributed by atoms with Crippen LogP contribution in [0.15, 0.2) is 59.6 Å². The second-order valence-corrected chi connectivity index (χ2v) is 10.2. The zero-order valence-corrected chi connectivity index (χ0v) is 22.4. The van der Waals surface area contributed by atoms with Crippen molar-refractivity contribution >= 4 is 46.0 Å². The van der Waals surface area contributed by atoms with Crippen molar-refractivity contribution in [3.05, 3.63) is 75.3 Å². The van der Waals surface area contributed by atoms with E-state index in [1.165, 1.54) is 17.8 Å². The van der Waals surface area contributed by atoms with Crippen LogP contribution >= 0.6 is 24.0 Å². The number of hydrogen-bond acceptors (Lipinski definition) is 7. The molecular weight excluding hydrogens is 508 g/mol. The number of amides is 1. The average molecular weight is 537 g/mol. The largest absolute Gasteiger partial charge is 0.487 e. The number of nitro groups is 1. The number of unbranched alkanes of at least 4 members (excludes halogenated alkanes) is 3. The summed E-state index contributed by atoms with van der Waals surface area (Å²) in [5, 5.41) is 16.5. The number of ether oxygens (including phenoxy) is 1. The van der Waals surface area contributed by atoms with E-state index >= 15 is 0 Å². The fraction of sp³-hybridized carbons (Fsp3) is 0.296. The van der Waals surface area contributed by atoms with E-state index in [1.807, 2.05) is 36.5 Å². The molecule has 0 spiro atoms. The van der Waals surface area contributed by atoms with Gasteiger partial charge in [-0.1, -0.05) is 68.4 Å². The van der Waals surface area contributed by atoms with E-state index < -0.39 is 4.92 Å². The highest BCUT2D eigenvalue weighted by Crippen LogP contribution is 2.37. The molecule has 0 bridgehead atoms. The summed E-state index contributed by atoms with van der Waals surface area (Å²) in [5.41, 5.74) is 2.41. The number of nitrogens with zero attached hydrogens (tertiary/aromatic N) is 4. The molecule has 1 aliphatic rings. The van der Waals surface area contributed by atoms with Gasteiger partial charge in [0.25, 0.3) is 5.91 Å². The number of rotatable bonds is 11. The van der Waals surface area contributed by atoms with Crippen LogP contribution in [-0.4, -0.2) is 43.0 Å². The van der Waals surface area contributed by atoms with Gasteiger partial charge in [-0.25, -0.2) is 4.68 Å². The highest BCUT2D eigenvalue weighted by molar-refractivity contribution is 8.26. The number of thiocarbonyl (C=S) groups is 1.